The summed E-state index contributed by atoms with van der Waals surface area (Å²) in [5.74, 6) is 1.14. The highest BCUT2D eigenvalue weighted by Crippen LogP contribution is 2.36. The molecular formula is C21H24N2O3. The van der Waals surface area contributed by atoms with Crippen LogP contribution < -0.4 is 5.32 Å². The first-order valence-electron chi connectivity index (χ1n) is 9.34. The van der Waals surface area contributed by atoms with Crippen LogP contribution in [-0.4, -0.2) is 29.8 Å². The molecule has 0 radical (unpaired) electrons. The lowest BCUT2D eigenvalue weighted by molar-refractivity contribution is -0.137. The molecule has 1 saturated heterocycles. The van der Waals surface area contributed by atoms with Crippen molar-refractivity contribution in [2.75, 3.05) is 13.1 Å². The minimum atomic E-state index is -0.188. The fourth-order valence-corrected chi connectivity index (χ4v) is 3.76. The van der Waals surface area contributed by atoms with Gasteiger partial charge in [-0.2, -0.15) is 0 Å². The lowest BCUT2D eigenvalue weighted by Crippen LogP contribution is -2.48. The van der Waals surface area contributed by atoms with Gasteiger partial charge in [0, 0.05) is 24.9 Å². The summed E-state index contributed by atoms with van der Waals surface area (Å²) in [6, 6.07) is 13.9. The number of furan rings is 1. The van der Waals surface area contributed by atoms with Crippen molar-refractivity contribution < 1.29 is 14.0 Å². The predicted molar refractivity (Wildman–Crippen MR) is 97.1 cm³/mol. The van der Waals surface area contributed by atoms with Crippen molar-refractivity contribution >= 4 is 11.8 Å². The van der Waals surface area contributed by atoms with Gasteiger partial charge in [0.1, 0.15) is 5.76 Å². The highest BCUT2D eigenvalue weighted by Gasteiger charge is 2.39. The number of benzene rings is 1. The van der Waals surface area contributed by atoms with Crippen molar-refractivity contribution in [1.82, 2.24) is 10.2 Å². The molecule has 2 atom stereocenters. The zero-order valence-electron chi connectivity index (χ0n) is 14.8. The summed E-state index contributed by atoms with van der Waals surface area (Å²) >= 11 is 0. The number of nitrogens with zero attached hydrogens (tertiary/aromatic N) is 1. The first-order valence-corrected chi connectivity index (χ1v) is 9.34. The van der Waals surface area contributed by atoms with E-state index in [2.05, 4.69) is 17.4 Å². The Kier molecular flexibility index (Phi) is 4.78. The number of amides is 2. The molecule has 1 saturated carbocycles. The molecule has 5 nitrogen and oxygen atoms in total. The third-order valence-corrected chi connectivity index (χ3v) is 5.35. The van der Waals surface area contributed by atoms with Crippen LogP contribution >= 0.6 is 0 Å². The van der Waals surface area contributed by atoms with Crippen LogP contribution in [-0.2, 0) is 16.1 Å². The fraction of sp³-hybridized carbons (Fsp3) is 0.429. The van der Waals surface area contributed by atoms with E-state index >= 15 is 0 Å². The Bertz CT molecular complexity index is 753. The van der Waals surface area contributed by atoms with Crippen LogP contribution in [0.1, 0.15) is 36.5 Å². The summed E-state index contributed by atoms with van der Waals surface area (Å²) < 4.78 is 5.28. The number of hydrogen-bond acceptors (Lipinski definition) is 3. The first-order chi connectivity index (χ1) is 12.7. The van der Waals surface area contributed by atoms with E-state index < -0.39 is 0 Å². The van der Waals surface area contributed by atoms with E-state index in [1.54, 1.807) is 6.26 Å². The average Bonchev–Trinajstić information content (AvgIpc) is 3.41. The largest absolute Gasteiger partial charge is 0.467 e. The van der Waals surface area contributed by atoms with Gasteiger partial charge in [-0.3, -0.25) is 9.59 Å². The van der Waals surface area contributed by atoms with Crippen molar-refractivity contribution in [3.63, 3.8) is 0 Å². The Hall–Kier alpha value is -2.56. The van der Waals surface area contributed by atoms with E-state index in [1.807, 2.05) is 35.2 Å². The van der Waals surface area contributed by atoms with Crippen molar-refractivity contribution in [2.45, 2.75) is 31.7 Å². The second-order valence-corrected chi connectivity index (χ2v) is 7.35. The van der Waals surface area contributed by atoms with E-state index in [0.29, 0.717) is 19.6 Å². The molecule has 2 unspecified atom stereocenters. The standard InChI is InChI=1S/C21H24N2O3/c24-20(22-12-19-7-4-10-26-19)18-11-17(15-5-2-1-3-6-15)13-23(14-18)21(25)16-8-9-16/h1-7,10,16-18H,8-9,11-14H2,(H,22,24). The van der Waals surface area contributed by atoms with E-state index in [4.69, 9.17) is 4.42 Å². The highest BCUT2D eigenvalue weighted by atomic mass is 16.3. The zero-order chi connectivity index (χ0) is 17.9. The van der Waals surface area contributed by atoms with Crippen molar-refractivity contribution in [3.05, 3.63) is 60.1 Å². The van der Waals surface area contributed by atoms with Gasteiger partial charge in [0.15, 0.2) is 0 Å². The molecule has 1 aliphatic carbocycles. The number of likely N-dealkylation sites (tertiary alicyclic amines) is 1. The lowest BCUT2D eigenvalue weighted by Gasteiger charge is -2.37. The quantitative estimate of drug-likeness (QED) is 0.900. The average molecular weight is 352 g/mol. The van der Waals surface area contributed by atoms with Crippen LogP contribution in [0, 0.1) is 11.8 Å². The minimum absolute atomic E-state index is 0.00405. The summed E-state index contributed by atoms with van der Waals surface area (Å²) in [5.41, 5.74) is 1.20. The van der Waals surface area contributed by atoms with Crippen molar-refractivity contribution in [2.24, 2.45) is 11.8 Å². The van der Waals surface area contributed by atoms with Gasteiger partial charge in [0.25, 0.3) is 0 Å². The van der Waals surface area contributed by atoms with E-state index in [9.17, 15) is 9.59 Å². The molecule has 2 fully saturated rings. The molecule has 26 heavy (non-hydrogen) atoms. The van der Waals surface area contributed by atoms with Crippen molar-refractivity contribution in [1.29, 1.82) is 0 Å². The first kappa shape index (κ1) is 16.9. The predicted octanol–water partition coefficient (Wildman–Crippen LogP) is 2.94. The molecule has 2 amide bonds. The smallest absolute Gasteiger partial charge is 0.225 e. The summed E-state index contributed by atoms with van der Waals surface area (Å²) in [6.07, 6.45) is 4.34. The second-order valence-electron chi connectivity index (χ2n) is 7.35. The van der Waals surface area contributed by atoms with Gasteiger partial charge in [0.2, 0.25) is 11.8 Å². The van der Waals surface area contributed by atoms with Crippen LogP contribution in [0.5, 0.6) is 0 Å². The fourth-order valence-electron chi connectivity index (χ4n) is 3.76. The number of rotatable bonds is 5. The molecule has 2 aliphatic rings. The normalized spacial score (nSPS) is 22.8. The molecule has 2 aromatic rings. The zero-order valence-corrected chi connectivity index (χ0v) is 14.8. The Balaban J connectivity index is 1.47. The maximum Gasteiger partial charge on any atom is 0.225 e. The topological polar surface area (TPSA) is 62.6 Å². The van der Waals surface area contributed by atoms with Crippen LogP contribution in [0.4, 0.5) is 0 Å². The molecule has 1 aliphatic heterocycles. The Morgan fingerprint density at radius 1 is 1.04 bits per heavy atom. The number of hydrogen-bond donors (Lipinski definition) is 1. The Morgan fingerprint density at radius 2 is 1.85 bits per heavy atom. The van der Waals surface area contributed by atoms with Gasteiger partial charge in [-0.15, -0.1) is 0 Å². The molecule has 0 bridgehead atoms. The van der Waals surface area contributed by atoms with Gasteiger partial charge < -0.3 is 14.6 Å². The third kappa shape index (κ3) is 3.82. The molecule has 5 heteroatoms. The molecule has 0 spiro atoms. The van der Waals surface area contributed by atoms with Crippen molar-refractivity contribution in [3.8, 4) is 0 Å². The monoisotopic (exact) mass is 352 g/mol. The number of piperidine rings is 1. The van der Waals surface area contributed by atoms with Gasteiger partial charge in [0.05, 0.1) is 18.7 Å². The van der Waals surface area contributed by atoms with Gasteiger partial charge in [-0.25, -0.2) is 0 Å². The minimum Gasteiger partial charge on any atom is -0.467 e. The lowest BCUT2D eigenvalue weighted by atomic mass is 9.84. The highest BCUT2D eigenvalue weighted by molar-refractivity contribution is 5.83. The third-order valence-electron chi connectivity index (χ3n) is 5.35. The maximum absolute atomic E-state index is 12.7. The summed E-state index contributed by atoms with van der Waals surface area (Å²) in [7, 11) is 0. The van der Waals surface area contributed by atoms with E-state index in [0.717, 1.165) is 25.0 Å². The summed E-state index contributed by atoms with van der Waals surface area (Å²) in [5, 5.41) is 2.96. The second kappa shape index (κ2) is 7.36. The molecule has 136 valence electrons. The molecular weight excluding hydrogens is 328 g/mol. The van der Waals surface area contributed by atoms with Gasteiger partial charge >= 0.3 is 0 Å². The summed E-state index contributed by atoms with van der Waals surface area (Å²) in [6.45, 7) is 1.61. The van der Waals surface area contributed by atoms with Gasteiger partial charge in [-0.1, -0.05) is 30.3 Å². The number of carbonyl (C=O) groups excluding carboxylic acids is 2. The molecule has 1 aromatic carbocycles. The maximum atomic E-state index is 12.7. The number of nitrogens with one attached hydrogen (secondary N) is 1. The molecule has 4 rings (SSSR count). The van der Waals surface area contributed by atoms with E-state index in [1.165, 1.54) is 5.56 Å². The molecule has 1 N–H and O–H groups in total. The Labute approximate surface area is 153 Å². The van der Waals surface area contributed by atoms with Crippen LogP contribution in [0.3, 0.4) is 0 Å². The van der Waals surface area contributed by atoms with Crippen LogP contribution in [0.25, 0.3) is 0 Å². The number of carbonyl (C=O) groups is 2. The molecule has 2 heterocycles. The van der Waals surface area contributed by atoms with Gasteiger partial charge in [-0.05, 0) is 37.0 Å². The van der Waals surface area contributed by atoms with E-state index in [-0.39, 0.29) is 29.6 Å². The van der Waals surface area contributed by atoms with Crippen LogP contribution in [0.2, 0.25) is 0 Å². The summed E-state index contributed by atoms with van der Waals surface area (Å²) in [4.78, 5) is 27.3. The Morgan fingerprint density at radius 3 is 2.54 bits per heavy atom. The molecule has 1 aromatic heterocycles. The SMILES string of the molecule is O=C(NCc1ccco1)C1CC(c2ccccc2)CN(C(=O)C2CC2)C1. The van der Waals surface area contributed by atoms with Crippen LogP contribution in [0.15, 0.2) is 53.1 Å².